The van der Waals surface area contributed by atoms with Crippen LogP contribution in [0.25, 0.3) is 0 Å². The molecule has 0 radical (unpaired) electrons. The SMILES string of the molecule is O=C(CCCOc1ccc(Br)cc1)NC1=NCCS1. The Bertz CT molecular complexity index is 462. The summed E-state index contributed by atoms with van der Waals surface area (Å²) in [6.45, 7) is 1.33. The van der Waals surface area contributed by atoms with Gasteiger partial charge in [-0.2, -0.15) is 0 Å². The second kappa shape index (κ2) is 7.55. The van der Waals surface area contributed by atoms with Crippen molar-refractivity contribution in [1.82, 2.24) is 5.32 Å². The molecule has 0 aromatic heterocycles. The molecule has 2 rings (SSSR count). The average molecular weight is 343 g/mol. The zero-order valence-electron chi connectivity index (χ0n) is 10.4. The molecular weight excluding hydrogens is 328 g/mol. The molecule has 102 valence electrons. The van der Waals surface area contributed by atoms with Crippen molar-refractivity contribution < 1.29 is 9.53 Å². The van der Waals surface area contributed by atoms with Gasteiger partial charge in [0.2, 0.25) is 5.91 Å². The van der Waals surface area contributed by atoms with Crippen molar-refractivity contribution in [3.8, 4) is 5.75 Å². The minimum Gasteiger partial charge on any atom is -0.494 e. The minimum absolute atomic E-state index is 0.00700. The largest absolute Gasteiger partial charge is 0.494 e. The normalized spacial score (nSPS) is 14.1. The highest BCUT2D eigenvalue weighted by molar-refractivity contribution is 9.10. The molecule has 1 aliphatic heterocycles. The summed E-state index contributed by atoms with van der Waals surface area (Å²) >= 11 is 4.96. The molecule has 19 heavy (non-hydrogen) atoms. The van der Waals surface area contributed by atoms with E-state index in [1.807, 2.05) is 24.3 Å². The van der Waals surface area contributed by atoms with Crippen molar-refractivity contribution in [1.29, 1.82) is 0 Å². The fourth-order valence-electron chi connectivity index (χ4n) is 1.55. The Morgan fingerprint density at radius 1 is 1.42 bits per heavy atom. The summed E-state index contributed by atoms with van der Waals surface area (Å²) in [7, 11) is 0. The lowest BCUT2D eigenvalue weighted by Gasteiger charge is -2.06. The molecule has 0 unspecified atom stereocenters. The number of thioether (sulfide) groups is 1. The number of ether oxygens (including phenoxy) is 1. The Labute approximate surface area is 125 Å². The van der Waals surface area contributed by atoms with Crippen LogP contribution in [0.1, 0.15) is 12.8 Å². The summed E-state index contributed by atoms with van der Waals surface area (Å²) < 4.78 is 6.57. The number of hydrogen-bond acceptors (Lipinski definition) is 4. The van der Waals surface area contributed by atoms with Crippen LogP contribution in [0.3, 0.4) is 0 Å². The summed E-state index contributed by atoms with van der Waals surface area (Å²) in [5.74, 6) is 1.79. The van der Waals surface area contributed by atoms with E-state index in [0.29, 0.717) is 19.4 Å². The van der Waals surface area contributed by atoms with E-state index in [-0.39, 0.29) is 5.91 Å². The Hall–Kier alpha value is -1.01. The van der Waals surface area contributed by atoms with Crippen LogP contribution in [0, 0.1) is 0 Å². The molecule has 0 saturated heterocycles. The van der Waals surface area contributed by atoms with Crippen molar-refractivity contribution >= 4 is 38.8 Å². The van der Waals surface area contributed by atoms with Crippen molar-refractivity contribution in [2.45, 2.75) is 12.8 Å². The third kappa shape index (κ3) is 5.24. The van der Waals surface area contributed by atoms with Crippen molar-refractivity contribution in [2.75, 3.05) is 18.9 Å². The number of nitrogens with zero attached hydrogens (tertiary/aromatic N) is 1. The number of carbonyl (C=O) groups excluding carboxylic acids is 1. The van der Waals surface area contributed by atoms with Crippen LogP contribution in [0.5, 0.6) is 5.75 Å². The van der Waals surface area contributed by atoms with E-state index in [4.69, 9.17) is 4.74 Å². The van der Waals surface area contributed by atoms with Crippen LogP contribution in [-0.2, 0) is 4.79 Å². The third-order valence-corrected chi connectivity index (χ3v) is 3.88. The molecule has 0 atom stereocenters. The first-order valence-corrected chi connectivity index (χ1v) is 7.87. The lowest BCUT2D eigenvalue weighted by Crippen LogP contribution is -2.27. The first-order valence-electron chi connectivity index (χ1n) is 6.09. The van der Waals surface area contributed by atoms with Gasteiger partial charge in [0.25, 0.3) is 0 Å². The quantitative estimate of drug-likeness (QED) is 0.837. The summed E-state index contributed by atoms with van der Waals surface area (Å²) in [6.07, 6.45) is 1.15. The fraction of sp³-hybridized carbons (Fsp3) is 0.385. The third-order valence-electron chi connectivity index (χ3n) is 2.46. The highest BCUT2D eigenvalue weighted by Crippen LogP contribution is 2.16. The van der Waals surface area contributed by atoms with Crippen LogP contribution >= 0.6 is 27.7 Å². The van der Waals surface area contributed by atoms with Crippen LogP contribution in [0.4, 0.5) is 0 Å². The number of rotatable bonds is 5. The zero-order valence-corrected chi connectivity index (χ0v) is 12.8. The first-order chi connectivity index (χ1) is 9.24. The van der Waals surface area contributed by atoms with E-state index in [1.165, 1.54) is 0 Å². The van der Waals surface area contributed by atoms with Gasteiger partial charge in [-0.3, -0.25) is 9.79 Å². The molecule has 0 saturated carbocycles. The number of aliphatic imine (C=N–C) groups is 1. The number of amides is 1. The first kappa shape index (κ1) is 14.4. The summed E-state index contributed by atoms with van der Waals surface area (Å²) in [5.41, 5.74) is 0. The van der Waals surface area contributed by atoms with Crippen molar-refractivity contribution in [2.24, 2.45) is 4.99 Å². The van der Waals surface area contributed by atoms with Gasteiger partial charge in [0.15, 0.2) is 5.17 Å². The highest BCUT2D eigenvalue weighted by Gasteiger charge is 2.10. The highest BCUT2D eigenvalue weighted by atomic mass is 79.9. The molecule has 0 aliphatic carbocycles. The van der Waals surface area contributed by atoms with E-state index < -0.39 is 0 Å². The van der Waals surface area contributed by atoms with Gasteiger partial charge in [0.1, 0.15) is 5.75 Å². The van der Waals surface area contributed by atoms with Crippen LogP contribution < -0.4 is 10.1 Å². The van der Waals surface area contributed by atoms with Gasteiger partial charge in [-0.1, -0.05) is 27.7 Å². The number of carbonyl (C=O) groups is 1. The van der Waals surface area contributed by atoms with Gasteiger partial charge < -0.3 is 10.1 Å². The smallest absolute Gasteiger partial charge is 0.226 e. The number of hydrogen-bond donors (Lipinski definition) is 1. The lowest BCUT2D eigenvalue weighted by molar-refractivity contribution is -0.119. The lowest BCUT2D eigenvalue weighted by atomic mass is 10.3. The predicted octanol–water partition coefficient (Wildman–Crippen LogP) is 2.83. The Balaban J connectivity index is 1.61. The Morgan fingerprint density at radius 2 is 2.21 bits per heavy atom. The molecule has 4 nitrogen and oxygen atoms in total. The molecule has 0 fully saturated rings. The zero-order chi connectivity index (χ0) is 13.5. The number of halogens is 1. The molecule has 1 N–H and O–H groups in total. The standard InChI is InChI=1S/C13H15BrN2O2S/c14-10-3-5-11(6-4-10)18-8-1-2-12(17)16-13-15-7-9-19-13/h3-6H,1-2,7-9H2,(H,15,16,17). The van der Waals surface area contributed by atoms with Crippen LogP contribution in [-0.4, -0.2) is 30.0 Å². The number of amidine groups is 1. The van der Waals surface area contributed by atoms with Gasteiger partial charge in [-0.05, 0) is 30.7 Å². The fourth-order valence-corrected chi connectivity index (χ4v) is 2.55. The van der Waals surface area contributed by atoms with E-state index in [1.54, 1.807) is 11.8 Å². The minimum atomic E-state index is 0.00700. The second-order valence-electron chi connectivity index (χ2n) is 3.99. The van der Waals surface area contributed by atoms with E-state index >= 15 is 0 Å². The molecule has 1 aromatic rings. The molecule has 1 aromatic carbocycles. The van der Waals surface area contributed by atoms with Gasteiger partial charge >= 0.3 is 0 Å². The van der Waals surface area contributed by atoms with Crippen molar-refractivity contribution in [3.05, 3.63) is 28.7 Å². The molecule has 6 heteroatoms. The maximum atomic E-state index is 11.6. The molecular formula is C13H15BrN2O2S. The van der Waals surface area contributed by atoms with Gasteiger partial charge in [-0.15, -0.1) is 0 Å². The topological polar surface area (TPSA) is 50.7 Å². The van der Waals surface area contributed by atoms with Crippen LogP contribution in [0.2, 0.25) is 0 Å². The summed E-state index contributed by atoms with van der Waals surface area (Å²) in [4.78, 5) is 15.8. The van der Waals surface area contributed by atoms with E-state index in [9.17, 15) is 4.79 Å². The summed E-state index contributed by atoms with van der Waals surface area (Å²) in [6, 6.07) is 7.65. The predicted molar refractivity (Wildman–Crippen MR) is 81.8 cm³/mol. The Morgan fingerprint density at radius 3 is 2.89 bits per heavy atom. The van der Waals surface area contributed by atoms with Crippen LogP contribution in [0.15, 0.2) is 33.7 Å². The Kier molecular flexibility index (Phi) is 5.72. The van der Waals surface area contributed by atoms with Gasteiger partial charge in [-0.25, -0.2) is 0 Å². The number of benzene rings is 1. The van der Waals surface area contributed by atoms with Gasteiger partial charge in [0.05, 0.1) is 13.2 Å². The number of nitrogens with one attached hydrogen (secondary N) is 1. The molecule has 1 heterocycles. The second-order valence-corrected chi connectivity index (χ2v) is 5.99. The average Bonchev–Trinajstić information content (AvgIpc) is 2.89. The molecule has 1 aliphatic rings. The monoisotopic (exact) mass is 342 g/mol. The van der Waals surface area contributed by atoms with Gasteiger partial charge in [0, 0.05) is 16.6 Å². The maximum absolute atomic E-state index is 11.6. The molecule has 0 spiro atoms. The summed E-state index contributed by atoms with van der Waals surface area (Å²) in [5, 5.41) is 3.55. The molecule has 1 amide bonds. The maximum Gasteiger partial charge on any atom is 0.226 e. The van der Waals surface area contributed by atoms with E-state index in [2.05, 4.69) is 26.2 Å². The van der Waals surface area contributed by atoms with Crippen molar-refractivity contribution in [3.63, 3.8) is 0 Å². The molecule has 0 bridgehead atoms. The van der Waals surface area contributed by atoms with E-state index in [0.717, 1.165) is 27.7 Å².